The fourth-order valence-electron chi connectivity index (χ4n) is 3.56. The molecule has 0 saturated carbocycles. The van der Waals surface area contributed by atoms with Gasteiger partial charge in [-0.05, 0) is 55.1 Å². The number of ketones is 1. The second-order valence-electron chi connectivity index (χ2n) is 6.81. The molecule has 29 heavy (non-hydrogen) atoms. The van der Waals surface area contributed by atoms with Gasteiger partial charge in [0.1, 0.15) is 5.76 Å². The Bertz CT molecular complexity index is 909. The number of pyridine rings is 1. The second kappa shape index (κ2) is 9.20. The van der Waals surface area contributed by atoms with Crippen LogP contribution in [0.2, 0.25) is 5.02 Å². The summed E-state index contributed by atoms with van der Waals surface area (Å²) < 4.78 is 0. The Hall–Kier alpha value is -2.70. The molecule has 1 fully saturated rings. The molecule has 0 radical (unpaired) electrons. The molecule has 7 heteroatoms. The third kappa shape index (κ3) is 4.33. The maximum Gasteiger partial charge on any atom is 0.295 e. The molecule has 1 aromatic heterocycles. The number of Topliss-reactive ketones (excluding diaryl/α,β-unsaturated/α-hetero) is 1. The Kier molecular flexibility index (Phi) is 6.67. The van der Waals surface area contributed by atoms with E-state index in [1.54, 1.807) is 48.8 Å². The summed E-state index contributed by atoms with van der Waals surface area (Å²) in [5.74, 6) is -1.49. The van der Waals surface area contributed by atoms with Crippen LogP contribution >= 0.6 is 11.6 Å². The van der Waals surface area contributed by atoms with Crippen molar-refractivity contribution in [1.29, 1.82) is 0 Å². The zero-order valence-electron chi connectivity index (χ0n) is 16.5. The molecule has 0 bridgehead atoms. The SMILES string of the molecule is CCN(CC)CCN1C(=O)C(=O)/C(=C(/O)c2ccc(Cl)cc2)[C@H]1c1ccncc1. The Morgan fingerprint density at radius 1 is 1.10 bits per heavy atom. The molecule has 2 aromatic rings. The number of aliphatic hydroxyl groups is 1. The van der Waals surface area contributed by atoms with Crippen molar-refractivity contribution in [2.45, 2.75) is 19.9 Å². The van der Waals surface area contributed by atoms with E-state index in [-0.39, 0.29) is 11.3 Å². The molecule has 1 aliphatic heterocycles. The van der Waals surface area contributed by atoms with Crippen molar-refractivity contribution in [1.82, 2.24) is 14.8 Å². The molecule has 0 spiro atoms. The molecule has 1 amide bonds. The number of aliphatic hydroxyl groups excluding tert-OH is 1. The fourth-order valence-corrected chi connectivity index (χ4v) is 3.68. The molecule has 1 aliphatic rings. The van der Waals surface area contributed by atoms with Crippen LogP contribution in [-0.4, -0.2) is 57.8 Å². The Morgan fingerprint density at radius 3 is 2.31 bits per heavy atom. The number of nitrogens with zero attached hydrogens (tertiary/aromatic N) is 3. The summed E-state index contributed by atoms with van der Waals surface area (Å²) in [6, 6.07) is 9.38. The van der Waals surface area contributed by atoms with Gasteiger partial charge in [-0.15, -0.1) is 0 Å². The third-order valence-electron chi connectivity index (χ3n) is 5.23. The van der Waals surface area contributed by atoms with Gasteiger partial charge >= 0.3 is 0 Å². The highest BCUT2D eigenvalue weighted by molar-refractivity contribution is 6.46. The molecule has 0 unspecified atom stereocenters. The minimum Gasteiger partial charge on any atom is -0.507 e. The number of likely N-dealkylation sites (N-methyl/N-ethyl adjacent to an activating group) is 1. The van der Waals surface area contributed by atoms with Crippen molar-refractivity contribution in [2.75, 3.05) is 26.2 Å². The molecule has 1 atom stereocenters. The van der Waals surface area contributed by atoms with E-state index < -0.39 is 17.7 Å². The van der Waals surface area contributed by atoms with Crippen molar-refractivity contribution in [3.05, 3.63) is 70.5 Å². The largest absolute Gasteiger partial charge is 0.507 e. The average molecular weight is 414 g/mol. The van der Waals surface area contributed by atoms with Crippen molar-refractivity contribution >= 4 is 29.1 Å². The molecule has 0 aliphatic carbocycles. The van der Waals surface area contributed by atoms with Gasteiger partial charge in [0.05, 0.1) is 11.6 Å². The van der Waals surface area contributed by atoms with Gasteiger partial charge in [0, 0.05) is 36.1 Å². The molecule has 1 saturated heterocycles. The predicted octanol–water partition coefficient (Wildman–Crippen LogP) is 3.50. The summed E-state index contributed by atoms with van der Waals surface area (Å²) in [6.45, 7) is 6.84. The standard InChI is InChI=1S/C22H24ClN3O3/c1-3-25(4-2)13-14-26-19(15-9-11-24-12-10-15)18(21(28)22(26)29)20(27)16-5-7-17(23)8-6-16/h5-12,19,27H,3-4,13-14H2,1-2H3/b20-18+/t19-/m1/s1. The summed E-state index contributed by atoms with van der Waals surface area (Å²) in [4.78, 5) is 33.5. The third-order valence-corrected chi connectivity index (χ3v) is 5.48. The normalized spacial score (nSPS) is 18.6. The lowest BCUT2D eigenvalue weighted by Gasteiger charge is -2.28. The minimum absolute atomic E-state index is 0.0862. The number of hydrogen-bond acceptors (Lipinski definition) is 5. The number of amides is 1. The van der Waals surface area contributed by atoms with Gasteiger partial charge < -0.3 is 14.9 Å². The molecule has 1 aromatic carbocycles. The van der Waals surface area contributed by atoms with Crippen LogP contribution in [0.5, 0.6) is 0 Å². The monoisotopic (exact) mass is 413 g/mol. The van der Waals surface area contributed by atoms with E-state index in [0.717, 1.165) is 18.7 Å². The van der Waals surface area contributed by atoms with Gasteiger partial charge in [-0.2, -0.15) is 0 Å². The Labute approximate surface area is 175 Å². The maximum absolute atomic E-state index is 12.9. The lowest BCUT2D eigenvalue weighted by Crippen LogP contribution is -2.38. The summed E-state index contributed by atoms with van der Waals surface area (Å²) in [7, 11) is 0. The first kappa shape index (κ1) is 21.0. The number of carbonyl (C=O) groups excluding carboxylic acids is 2. The average Bonchev–Trinajstić information content (AvgIpc) is 3.00. The number of benzene rings is 1. The molecule has 1 N–H and O–H groups in total. The summed E-state index contributed by atoms with van der Waals surface area (Å²) in [5.41, 5.74) is 1.26. The molecular formula is C22H24ClN3O3. The Morgan fingerprint density at radius 2 is 1.72 bits per heavy atom. The number of hydrogen-bond donors (Lipinski definition) is 1. The highest BCUT2D eigenvalue weighted by Gasteiger charge is 2.45. The van der Waals surface area contributed by atoms with E-state index in [2.05, 4.69) is 23.7 Å². The number of rotatable bonds is 7. The number of aromatic nitrogens is 1. The van der Waals surface area contributed by atoms with E-state index in [1.165, 1.54) is 4.90 Å². The van der Waals surface area contributed by atoms with Gasteiger partial charge in [-0.25, -0.2) is 0 Å². The predicted molar refractivity (Wildman–Crippen MR) is 112 cm³/mol. The van der Waals surface area contributed by atoms with Crippen molar-refractivity contribution < 1.29 is 14.7 Å². The van der Waals surface area contributed by atoms with Crippen LogP contribution in [0.1, 0.15) is 31.0 Å². The van der Waals surface area contributed by atoms with Gasteiger partial charge in [0.15, 0.2) is 0 Å². The van der Waals surface area contributed by atoms with E-state index >= 15 is 0 Å². The first-order chi connectivity index (χ1) is 14.0. The quantitative estimate of drug-likeness (QED) is 0.427. The van der Waals surface area contributed by atoms with Gasteiger partial charge in [0.25, 0.3) is 11.7 Å². The van der Waals surface area contributed by atoms with Crippen molar-refractivity contribution in [3.8, 4) is 0 Å². The number of carbonyl (C=O) groups is 2. The molecule has 3 rings (SSSR count). The zero-order valence-corrected chi connectivity index (χ0v) is 17.3. The Balaban J connectivity index is 2.06. The molecule has 2 heterocycles. The first-order valence-corrected chi connectivity index (χ1v) is 10.0. The van der Waals surface area contributed by atoms with Crippen LogP contribution in [0.25, 0.3) is 5.76 Å². The van der Waals surface area contributed by atoms with Crippen LogP contribution in [-0.2, 0) is 9.59 Å². The smallest absolute Gasteiger partial charge is 0.295 e. The van der Waals surface area contributed by atoms with Gasteiger partial charge in [-0.3, -0.25) is 14.6 Å². The minimum atomic E-state index is -0.682. The highest BCUT2D eigenvalue weighted by Crippen LogP contribution is 2.39. The molecule has 6 nitrogen and oxygen atoms in total. The van der Waals surface area contributed by atoms with E-state index in [1.807, 2.05) is 0 Å². The first-order valence-electron chi connectivity index (χ1n) is 9.64. The summed E-state index contributed by atoms with van der Waals surface area (Å²) >= 11 is 5.94. The number of halogens is 1. The summed E-state index contributed by atoms with van der Waals surface area (Å²) in [5, 5.41) is 11.4. The van der Waals surface area contributed by atoms with Gasteiger partial charge in [-0.1, -0.05) is 25.4 Å². The van der Waals surface area contributed by atoms with Crippen molar-refractivity contribution in [2.24, 2.45) is 0 Å². The lowest BCUT2D eigenvalue weighted by molar-refractivity contribution is -0.140. The van der Waals surface area contributed by atoms with E-state index in [9.17, 15) is 14.7 Å². The van der Waals surface area contributed by atoms with Gasteiger partial charge in [0.2, 0.25) is 0 Å². The van der Waals surface area contributed by atoms with Crippen LogP contribution in [0, 0.1) is 0 Å². The molecular weight excluding hydrogens is 390 g/mol. The van der Waals surface area contributed by atoms with Crippen LogP contribution in [0.4, 0.5) is 0 Å². The lowest BCUT2D eigenvalue weighted by atomic mass is 9.96. The second-order valence-corrected chi connectivity index (χ2v) is 7.24. The van der Waals surface area contributed by atoms with E-state index in [0.29, 0.717) is 23.7 Å². The fraction of sp³-hybridized carbons (Fsp3) is 0.318. The topological polar surface area (TPSA) is 73.7 Å². The molecule has 152 valence electrons. The highest BCUT2D eigenvalue weighted by atomic mass is 35.5. The van der Waals surface area contributed by atoms with Crippen LogP contribution in [0.3, 0.4) is 0 Å². The van der Waals surface area contributed by atoms with Crippen LogP contribution < -0.4 is 0 Å². The van der Waals surface area contributed by atoms with Crippen molar-refractivity contribution in [3.63, 3.8) is 0 Å². The summed E-state index contributed by atoms with van der Waals surface area (Å²) in [6.07, 6.45) is 3.23. The number of likely N-dealkylation sites (tertiary alicyclic amines) is 1. The van der Waals surface area contributed by atoms with E-state index in [4.69, 9.17) is 11.6 Å². The zero-order chi connectivity index (χ0) is 21.0. The maximum atomic E-state index is 12.9. The van der Waals surface area contributed by atoms with Crippen LogP contribution in [0.15, 0.2) is 54.4 Å².